The standard InChI is InChI=1S/C16H26N2O3/c1-12-10-14(19)17-16(6-2-3-7-16)15(20)18(12)11-13-4-8-21-9-5-13/h12-13H,2-11H2,1H3,(H,17,19). The minimum Gasteiger partial charge on any atom is -0.381 e. The average molecular weight is 294 g/mol. The molecule has 3 fully saturated rings. The molecule has 1 N–H and O–H groups in total. The minimum atomic E-state index is -0.604. The number of hydrogen-bond donors (Lipinski definition) is 1. The van der Waals surface area contributed by atoms with E-state index in [0.29, 0.717) is 12.3 Å². The number of carbonyl (C=O) groups is 2. The second-order valence-corrected chi connectivity index (χ2v) is 6.90. The molecule has 1 saturated carbocycles. The molecule has 1 spiro atoms. The normalized spacial score (nSPS) is 30.5. The molecule has 2 aliphatic heterocycles. The van der Waals surface area contributed by atoms with Crippen molar-refractivity contribution in [1.29, 1.82) is 0 Å². The molecule has 2 heterocycles. The van der Waals surface area contributed by atoms with Gasteiger partial charge >= 0.3 is 0 Å². The zero-order valence-electron chi connectivity index (χ0n) is 12.9. The average Bonchev–Trinajstić information content (AvgIpc) is 2.91. The van der Waals surface area contributed by atoms with Gasteiger partial charge in [-0.3, -0.25) is 9.59 Å². The lowest BCUT2D eigenvalue weighted by Gasteiger charge is -2.37. The van der Waals surface area contributed by atoms with Crippen LogP contribution in [-0.2, 0) is 14.3 Å². The van der Waals surface area contributed by atoms with Crippen LogP contribution in [0, 0.1) is 5.92 Å². The van der Waals surface area contributed by atoms with Gasteiger partial charge in [0.2, 0.25) is 11.8 Å². The highest BCUT2D eigenvalue weighted by Crippen LogP contribution is 2.34. The third-order valence-corrected chi connectivity index (χ3v) is 5.31. The third kappa shape index (κ3) is 2.93. The number of carbonyl (C=O) groups excluding carboxylic acids is 2. The van der Waals surface area contributed by atoms with Crippen LogP contribution >= 0.6 is 0 Å². The Bertz CT molecular complexity index is 412. The molecule has 2 saturated heterocycles. The Labute approximate surface area is 126 Å². The van der Waals surface area contributed by atoms with Crippen molar-refractivity contribution in [2.75, 3.05) is 19.8 Å². The fourth-order valence-corrected chi connectivity index (χ4v) is 4.01. The minimum absolute atomic E-state index is 0.000296. The first-order chi connectivity index (χ1) is 10.1. The highest BCUT2D eigenvalue weighted by Gasteiger charge is 2.48. The van der Waals surface area contributed by atoms with Crippen molar-refractivity contribution in [3.63, 3.8) is 0 Å². The van der Waals surface area contributed by atoms with E-state index in [1.165, 1.54) is 0 Å². The topological polar surface area (TPSA) is 58.6 Å². The summed E-state index contributed by atoms with van der Waals surface area (Å²) in [5.74, 6) is 0.703. The molecule has 5 heteroatoms. The lowest BCUT2D eigenvalue weighted by Crippen LogP contribution is -2.56. The van der Waals surface area contributed by atoms with Crippen LogP contribution in [-0.4, -0.2) is 48.1 Å². The van der Waals surface area contributed by atoms with Gasteiger partial charge in [-0.25, -0.2) is 0 Å². The summed E-state index contributed by atoms with van der Waals surface area (Å²) in [5.41, 5.74) is -0.604. The fourth-order valence-electron chi connectivity index (χ4n) is 4.01. The van der Waals surface area contributed by atoms with Crippen LogP contribution in [0.2, 0.25) is 0 Å². The molecule has 1 atom stereocenters. The molecule has 0 radical (unpaired) electrons. The van der Waals surface area contributed by atoms with Crippen LogP contribution in [0.1, 0.15) is 51.9 Å². The van der Waals surface area contributed by atoms with Gasteiger partial charge in [0.25, 0.3) is 0 Å². The Kier molecular flexibility index (Phi) is 4.20. The molecule has 0 aromatic heterocycles. The highest BCUT2D eigenvalue weighted by molar-refractivity contribution is 5.94. The van der Waals surface area contributed by atoms with E-state index in [1.54, 1.807) is 0 Å². The van der Waals surface area contributed by atoms with E-state index in [0.717, 1.165) is 58.3 Å². The summed E-state index contributed by atoms with van der Waals surface area (Å²) in [6, 6.07) is 0.000296. The molecule has 118 valence electrons. The number of nitrogens with zero attached hydrogens (tertiary/aromatic N) is 1. The Hall–Kier alpha value is -1.10. The smallest absolute Gasteiger partial charge is 0.248 e. The van der Waals surface area contributed by atoms with Crippen molar-refractivity contribution >= 4 is 11.8 Å². The lowest BCUT2D eigenvalue weighted by atomic mass is 9.93. The lowest BCUT2D eigenvalue weighted by molar-refractivity contribution is -0.141. The molecule has 2 amide bonds. The van der Waals surface area contributed by atoms with Crippen molar-refractivity contribution in [1.82, 2.24) is 10.2 Å². The van der Waals surface area contributed by atoms with E-state index in [9.17, 15) is 9.59 Å². The van der Waals surface area contributed by atoms with Gasteiger partial charge in [-0.05, 0) is 38.5 Å². The zero-order chi connectivity index (χ0) is 14.9. The Balaban J connectivity index is 1.78. The zero-order valence-corrected chi connectivity index (χ0v) is 12.9. The van der Waals surface area contributed by atoms with Crippen molar-refractivity contribution < 1.29 is 14.3 Å². The second-order valence-electron chi connectivity index (χ2n) is 6.90. The van der Waals surface area contributed by atoms with E-state index in [4.69, 9.17) is 4.74 Å². The molecular formula is C16H26N2O3. The van der Waals surface area contributed by atoms with E-state index in [-0.39, 0.29) is 17.9 Å². The molecule has 0 aromatic carbocycles. The van der Waals surface area contributed by atoms with Crippen LogP contribution in [0.5, 0.6) is 0 Å². The first kappa shape index (κ1) is 14.8. The van der Waals surface area contributed by atoms with E-state index in [1.807, 2.05) is 11.8 Å². The molecule has 5 nitrogen and oxygen atoms in total. The van der Waals surface area contributed by atoms with Gasteiger partial charge in [-0.15, -0.1) is 0 Å². The first-order valence-electron chi connectivity index (χ1n) is 8.30. The van der Waals surface area contributed by atoms with Crippen LogP contribution in [0.15, 0.2) is 0 Å². The number of hydrogen-bond acceptors (Lipinski definition) is 3. The molecule has 3 rings (SSSR count). The molecule has 0 aromatic rings. The number of ether oxygens (including phenoxy) is 1. The van der Waals surface area contributed by atoms with Gasteiger partial charge in [0.15, 0.2) is 0 Å². The predicted octanol–water partition coefficient (Wildman–Crippen LogP) is 1.46. The van der Waals surface area contributed by atoms with Crippen molar-refractivity contribution in [2.24, 2.45) is 5.92 Å². The molecular weight excluding hydrogens is 268 g/mol. The summed E-state index contributed by atoms with van der Waals surface area (Å²) in [6.45, 7) is 4.37. The molecule has 1 aliphatic carbocycles. The fraction of sp³-hybridized carbons (Fsp3) is 0.875. The highest BCUT2D eigenvalue weighted by atomic mass is 16.5. The van der Waals surface area contributed by atoms with E-state index < -0.39 is 5.54 Å². The number of nitrogens with one attached hydrogen (secondary N) is 1. The predicted molar refractivity (Wildman–Crippen MR) is 78.7 cm³/mol. The van der Waals surface area contributed by atoms with Crippen LogP contribution in [0.3, 0.4) is 0 Å². The monoisotopic (exact) mass is 294 g/mol. The van der Waals surface area contributed by atoms with Gasteiger partial charge < -0.3 is 15.0 Å². The summed E-state index contributed by atoms with van der Waals surface area (Å²) in [5, 5.41) is 3.05. The van der Waals surface area contributed by atoms with Crippen molar-refractivity contribution in [3.05, 3.63) is 0 Å². The second kappa shape index (κ2) is 5.95. The van der Waals surface area contributed by atoms with Gasteiger partial charge in [0.1, 0.15) is 5.54 Å². The summed E-state index contributed by atoms with van der Waals surface area (Å²) in [7, 11) is 0. The summed E-state index contributed by atoms with van der Waals surface area (Å²) < 4.78 is 5.41. The molecule has 1 unspecified atom stereocenters. The summed E-state index contributed by atoms with van der Waals surface area (Å²) in [6.07, 6.45) is 6.13. The van der Waals surface area contributed by atoms with E-state index in [2.05, 4.69) is 5.32 Å². The van der Waals surface area contributed by atoms with Crippen LogP contribution in [0.25, 0.3) is 0 Å². The van der Waals surface area contributed by atoms with Crippen molar-refractivity contribution in [3.8, 4) is 0 Å². The largest absolute Gasteiger partial charge is 0.381 e. The van der Waals surface area contributed by atoms with Gasteiger partial charge in [-0.1, -0.05) is 12.8 Å². The maximum absolute atomic E-state index is 13.1. The Morgan fingerprint density at radius 2 is 1.90 bits per heavy atom. The maximum atomic E-state index is 13.1. The van der Waals surface area contributed by atoms with Crippen molar-refractivity contribution in [2.45, 2.75) is 63.5 Å². The summed E-state index contributed by atoms with van der Waals surface area (Å²) >= 11 is 0. The molecule has 3 aliphatic rings. The van der Waals surface area contributed by atoms with Gasteiger partial charge in [0.05, 0.1) is 0 Å². The summed E-state index contributed by atoms with van der Waals surface area (Å²) in [4.78, 5) is 27.2. The third-order valence-electron chi connectivity index (χ3n) is 5.31. The van der Waals surface area contributed by atoms with Crippen LogP contribution < -0.4 is 5.32 Å². The van der Waals surface area contributed by atoms with Gasteiger partial charge in [0, 0.05) is 32.2 Å². The maximum Gasteiger partial charge on any atom is 0.248 e. The number of amides is 2. The van der Waals surface area contributed by atoms with E-state index >= 15 is 0 Å². The first-order valence-corrected chi connectivity index (χ1v) is 8.30. The Morgan fingerprint density at radius 1 is 1.24 bits per heavy atom. The number of rotatable bonds is 2. The van der Waals surface area contributed by atoms with Gasteiger partial charge in [-0.2, -0.15) is 0 Å². The molecule has 0 bridgehead atoms. The molecule has 21 heavy (non-hydrogen) atoms. The Morgan fingerprint density at radius 3 is 2.57 bits per heavy atom. The quantitative estimate of drug-likeness (QED) is 0.839. The van der Waals surface area contributed by atoms with Crippen LogP contribution in [0.4, 0.5) is 0 Å². The SMILES string of the molecule is CC1CC(=O)NC2(CCCC2)C(=O)N1CC1CCOCC1.